The molecule has 7 nitrogen and oxygen atoms in total. The number of sulfonamides is 1. The third kappa shape index (κ3) is 3.77. The number of nitro groups is 1. The Morgan fingerprint density at radius 3 is 2.53 bits per heavy atom. The first-order valence-electron chi connectivity index (χ1n) is 4.97. The van der Waals surface area contributed by atoms with Crippen LogP contribution in [0.15, 0.2) is 17.0 Å². The molecule has 1 aromatic rings. The van der Waals surface area contributed by atoms with Gasteiger partial charge in [-0.25, -0.2) is 13.1 Å². The quantitative estimate of drug-likeness (QED) is 0.629. The van der Waals surface area contributed by atoms with Crippen LogP contribution in [0.1, 0.15) is 6.92 Å². The van der Waals surface area contributed by atoms with Gasteiger partial charge in [-0.3, -0.25) is 10.1 Å². The van der Waals surface area contributed by atoms with E-state index in [1.54, 1.807) is 0 Å². The minimum Gasteiger partial charge on any atom is -0.392 e. The van der Waals surface area contributed by atoms with E-state index in [9.17, 15) is 18.5 Å². The van der Waals surface area contributed by atoms with Gasteiger partial charge in [-0.15, -0.1) is 0 Å². The fraction of sp³-hybridized carbons (Fsp3) is 0.333. The van der Waals surface area contributed by atoms with Gasteiger partial charge in [0, 0.05) is 6.54 Å². The highest BCUT2D eigenvalue weighted by Gasteiger charge is 2.27. The predicted octanol–water partition coefficient (Wildman–Crippen LogP) is 1.56. The molecule has 0 saturated heterocycles. The highest BCUT2D eigenvalue weighted by molar-refractivity contribution is 7.89. The lowest BCUT2D eigenvalue weighted by atomic mass is 10.3. The van der Waals surface area contributed by atoms with E-state index in [-0.39, 0.29) is 11.6 Å². The summed E-state index contributed by atoms with van der Waals surface area (Å²) in [4.78, 5) is 9.44. The minimum absolute atomic E-state index is 0.241. The SMILES string of the molecule is CC(O)CNS(=O)(=O)c1ccc(Cl)c([N+](=O)[O-])c1Cl. The van der Waals surface area contributed by atoms with E-state index in [0.29, 0.717) is 0 Å². The fourth-order valence-electron chi connectivity index (χ4n) is 1.21. The Balaban J connectivity index is 3.29. The molecule has 0 aliphatic carbocycles. The molecule has 0 aromatic heterocycles. The predicted molar refractivity (Wildman–Crippen MR) is 70.0 cm³/mol. The van der Waals surface area contributed by atoms with Crippen molar-refractivity contribution < 1.29 is 18.4 Å². The van der Waals surface area contributed by atoms with Gasteiger partial charge in [-0.2, -0.15) is 0 Å². The molecule has 0 heterocycles. The van der Waals surface area contributed by atoms with Crippen molar-refractivity contribution in [3.05, 3.63) is 32.3 Å². The van der Waals surface area contributed by atoms with E-state index < -0.39 is 36.7 Å². The molecule has 0 radical (unpaired) electrons. The maximum Gasteiger partial charge on any atom is 0.307 e. The van der Waals surface area contributed by atoms with Crippen LogP contribution in [0, 0.1) is 10.1 Å². The Kier molecular flexibility index (Phi) is 5.11. The van der Waals surface area contributed by atoms with Gasteiger partial charge in [-0.1, -0.05) is 23.2 Å². The van der Waals surface area contributed by atoms with Crippen molar-refractivity contribution in [2.24, 2.45) is 0 Å². The highest BCUT2D eigenvalue weighted by atomic mass is 35.5. The molecule has 0 amide bonds. The van der Waals surface area contributed by atoms with Gasteiger partial charge in [0.25, 0.3) is 0 Å². The van der Waals surface area contributed by atoms with Crippen LogP contribution in [-0.4, -0.2) is 31.1 Å². The van der Waals surface area contributed by atoms with Crippen LogP contribution in [0.3, 0.4) is 0 Å². The molecule has 1 unspecified atom stereocenters. The third-order valence-electron chi connectivity index (χ3n) is 2.07. The first kappa shape index (κ1) is 16.1. The van der Waals surface area contributed by atoms with Crippen LogP contribution < -0.4 is 4.72 Å². The van der Waals surface area contributed by atoms with E-state index in [4.69, 9.17) is 28.3 Å². The van der Waals surface area contributed by atoms with Crippen molar-refractivity contribution >= 4 is 38.9 Å². The number of hydrogen-bond donors (Lipinski definition) is 2. The van der Waals surface area contributed by atoms with Crippen LogP contribution in [0.25, 0.3) is 0 Å². The Hall–Kier alpha value is -0.930. The van der Waals surface area contributed by atoms with Gasteiger partial charge in [-0.05, 0) is 19.1 Å². The summed E-state index contributed by atoms with van der Waals surface area (Å²) in [5.74, 6) is 0. The third-order valence-corrected chi connectivity index (χ3v) is 4.34. The second-order valence-electron chi connectivity index (χ2n) is 3.67. The van der Waals surface area contributed by atoms with Crippen LogP contribution >= 0.6 is 23.2 Å². The van der Waals surface area contributed by atoms with Gasteiger partial charge in [0.1, 0.15) is 14.9 Å². The monoisotopic (exact) mass is 328 g/mol. The zero-order chi connectivity index (χ0) is 14.8. The van der Waals surface area contributed by atoms with Gasteiger partial charge in [0.15, 0.2) is 0 Å². The number of rotatable bonds is 5. The molecule has 2 N–H and O–H groups in total. The molecule has 0 aliphatic rings. The first-order chi connectivity index (χ1) is 8.66. The second kappa shape index (κ2) is 6.02. The summed E-state index contributed by atoms with van der Waals surface area (Å²) in [5.41, 5.74) is -0.678. The molecular formula is C9H10Cl2N2O5S. The number of halogens is 2. The van der Waals surface area contributed by atoms with Crippen molar-refractivity contribution in [1.82, 2.24) is 4.72 Å². The molecule has 0 bridgehead atoms. The molecule has 10 heteroatoms. The Labute approximate surface area is 119 Å². The smallest absolute Gasteiger partial charge is 0.307 e. The highest BCUT2D eigenvalue weighted by Crippen LogP contribution is 2.36. The molecule has 0 fully saturated rings. The molecule has 0 saturated carbocycles. The molecule has 0 aliphatic heterocycles. The van der Waals surface area contributed by atoms with E-state index in [1.165, 1.54) is 6.92 Å². The normalized spacial score (nSPS) is 13.3. The van der Waals surface area contributed by atoms with Crippen molar-refractivity contribution in [2.45, 2.75) is 17.9 Å². The number of nitrogens with zero attached hydrogens (tertiary/aromatic N) is 1. The Morgan fingerprint density at radius 2 is 2.05 bits per heavy atom. The van der Waals surface area contributed by atoms with Crippen LogP contribution in [-0.2, 0) is 10.0 Å². The molecule has 106 valence electrons. The Morgan fingerprint density at radius 1 is 1.47 bits per heavy atom. The van der Waals surface area contributed by atoms with Gasteiger partial charge < -0.3 is 5.11 Å². The van der Waals surface area contributed by atoms with Gasteiger partial charge >= 0.3 is 5.69 Å². The van der Waals surface area contributed by atoms with Crippen LogP contribution in [0.2, 0.25) is 10.0 Å². The van der Waals surface area contributed by atoms with E-state index in [1.807, 2.05) is 0 Å². The van der Waals surface area contributed by atoms with Crippen molar-refractivity contribution in [2.75, 3.05) is 6.54 Å². The van der Waals surface area contributed by atoms with Crippen LogP contribution in [0.5, 0.6) is 0 Å². The van der Waals surface area contributed by atoms with Crippen molar-refractivity contribution in [3.8, 4) is 0 Å². The summed E-state index contributed by atoms with van der Waals surface area (Å²) < 4.78 is 25.8. The molecule has 1 rings (SSSR count). The number of benzene rings is 1. The van der Waals surface area contributed by atoms with Gasteiger partial charge in [0.2, 0.25) is 10.0 Å². The van der Waals surface area contributed by atoms with Crippen molar-refractivity contribution in [3.63, 3.8) is 0 Å². The number of aliphatic hydroxyl groups excluding tert-OH is 1. The fourth-order valence-corrected chi connectivity index (χ4v) is 3.21. The molecule has 1 atom stereocenters. The maximum absolute atomic E-state index is 11.9. The number of hydrogen-bond acceptors (Lipinski definition) is 5. The largest absolute Gasteiger partial charge is 0.392 e. The zero-order valence-electron chi connectivity index (χ0n) is 9.63. The Bertz CT molecular complexity index is 603. The number of aliphatic hydroxyl groups is 1. The van der Waals surface area contributed by atoms with E-state index in [0.717, 1.165) is 12.1 Å². The zero-order valence-corrected chi connectivity index (χ0v) is 12.0. The summed E-state index contributed by atoms with van der Waals surface area (Å²) >= 11 is 11.3. The average molecular weight is 329 g/mol. The summed E-state index contributed by atoms with van der Waals surface area (Å²) in [7, 11) is -4.06. The number of nitrogens with one attached hydrogen (secondary N) is 1. The standard InChI is InChI=1S/C9H10Cl2N2O5S/c1-5(14)4-12-19(17,18)7-3-2-6(10)9(8(7)11)13(15)16/h2-3,5,12,14H,4H2,1H3. The lowest BCUT2D eigenvalue weighted by Crippen LogP contribution is -2.30. The average Bonchev–Trinajstić information content (AvgIpc) is 2.25. The van der Waals surface area contributed by atoms with E-state index >= 15 is 0 Å². The number of nitro benzene ring substituents is 1. The summed E-state index contributed by atoms with van der Waals surface area (Å²) in [6, 6.07) is 2.13. The van der Waals surface area contributed by atoms with Crippen molar-refractivity contribution in [1.29, 1.82) is 0 Å². The summed E-state index contributed by atoms with van der Waals surface area (Å²) in [5, 5.41) is 19.0. The lowest BCUT2D eigenvalue weighted by Gasteiger charge is -2.10. The first-order valence-corrected chi connectivity index (χ1v) is 7.21. The summed E-state index contributed by atoms with van der Waals surface area (Å²) in [6.07, 6.45) is -0.907. The summed E-state index contributed by atoms with van der Waals surface area (Å²) in [6.45, 7) is 1.14. The molecule has 19 heavy (non-hydrogen) atoms. The molecular weight excluding hydrogens is 319 g/mol. The topological polar surface area (TPSA) is 110 Å². The van der Waals surface area contributed by atoms with E-state index in [2.05, 4.69) is 4.72 Å². The van der Waals surface area contributed by atoms with Crippen LogP contribution in [0.4, 0.5) is 5.69 Å². The lowest BCUT2D eigenvalue weighted by molar-refractivity contribution is -0.384. The molecule has 1 aromatic carbocycles. The maximum atomic E-state index is 11.9. The molecule has 0 spiro atoms. The van der Waals surface area contributed by atoms with Gasteiger partial charge in [0.05, 0.1) is 11.0 Å². The second-order valence-corrected chi connectivity index (χ2v) is 6.19. The minimum atomic E-state index is -4.06.